The van der Waals surface area contributed by atoms with E-state index in [-0.39, 0.29) is 5.75 Å². The maximum Gasteiger partial charge on any atom is 0.223 e. The minimum atomic E-state index is -0.396. The van der Waals surface area contributed by atoms with Crippen molar-refractivity contribution in [1.82, 2.24) is 4.57 Å². The van der Waals surface area contributed by atoms with Gasteiger partial charge >= 0.3 is 0 Å². The molecule has 20 heavy (non-hydrogen) atoms. The van der Waals surface area contributed by atoms with Gasteiger partial charge in [0.1, 0.15) is 0 Å². The van der Waals surface area contributed by atoms with E-state index in [1.54, 1.807) is 10.8 Å². The normalized spacial score (nSPS) is 10.6. The van der Waals surface area contributed by atoms with E-state index in [0.29, 0.717) is 5.02 Å². The lowest BCUT2D eigenvalue weighted by Crippen LogP contribution is -2.22. The van der Waals surface area contributed by atoms with Gasteiger partial charge < -0.3 is 14.6 Å². The topological polar surface area (TPSA) is 45.5 Å². The number of pyridine rings is 1. The molecule has 0 saturated heterocycles. The van der Waals surface area contributed by atoms with Crippen LogP contribution in [0, 0.1) is 0 Å². The fraction of sp³-hybridized carbons (Fsp3) is 0.267. The molecular weight excluding hydrogens is 276 g/mol. The summed E-state index contributed by atoms with van der Waals surface area (Å²) in [7, 11) is 0. The third kappa shape index (κ3) is 2.80. The Hall–Kier alpha value is -1.94. The largest absolute Gasteiger partial charge is 0.503 e. The summed E-state index contributed by atoms with van der Waals surface area (Å²) in [4.78, 5) is 13.4. The second-order valence-corrected chi connectivity index (χ2v) is 4.82. The van der Waals surface area contributed by atoms with Crippen molar-refractivity contribution in [3.8, 4) is 11.4 Å². The predicted molar refractivity (Wildman–Crippen MR) is 82.3 cm³/mol. The van der Waals surface area contributed by atoms with Gasteiger partial charge in [0.05, 0.1) is 16.9 Å². The van der Waals surface area contributed by atoms with E-state index in [0.717, 1.165) is 24.5 Å². The lowest BCUT2D eigenvalue weighted by molar-refractivity contribution is 0.465. The summed E-state index contributed by atoms with van der Waals surface area (Å²) in [6.07, 6.45) is 2.98. The van der Waals surface area contributed by atoms with E-state index in [1.165, 1.54) is 12.3 Å². The molecule has 1 aromatic heterocycles. The molecule has 0 radical (unpaired) electrons. The van der Waals surface area contributed by atoms with Crippen LogP contribution in [0.4, 0.5) is 5.69 Å². The summed E-state index contributed by atoms with van der Waals surface area (Å²) in [6.45, 7) is 5.92. The van der Waals surface area contributed by atoms with Crippen molar-refractivity contribution in [2.24, 2.45) is 0 Å². The smallest absolute Gasteiger partial charge is 0.223 e. The fourth-order valence-corrected chi connectivity index (χ4v) is 2.40. The number of hydrogen-bond donors (Lipinski definition) is 1. The summed E-state index contributed by atoms with van der Waals surface area (Å²) >= 11 is 6.32. The third-order valence-corrected chi connectivity index (χ3v) is 3.54. The van der Waals surface area contributed by atoms with E-state index >= 15 is 0 Å². The molecule has 0 amide bonds. The Balaban J connectivity index is 2.42. The highest BCUT2D eigenvalue weighted by atomic mass is 35.5. The minimum absolute atomic E-state index is 0.281. The van der Waals surface area contributed by atoms with Crippen molar-refractivity contribution in [1.29, 1.82) is 0 Å². The lowest BCUT2D eigenvalue weighted by Gasteiger charge is -2.22. The quantitative estimate of drug-likeness (QED) is 0.942. The second-order valence-electron chi connectivity index (χ2n) is 4.41. The molecule has 4 nitrogen and oxygen atoms in total. The molecule has 0 fully saturated rings. The van der Waals surface area contributed by atoms with Gasteiger partial charge in [0, 0.05) is 31.0 Å². The number of rotatable bonds is 4. The number of hydrogen-bond acceptors (Lipinski definition) is 3. The van der Waals surface area contributed by atoms with Gasteiger partial charge in [0.25, 0.3) is 0 Å². The van der Waals surface area contributed by atoms with E-state index in [9.17, 15) is 9.90 Å². The van der Waals surface area contributed by atoms with E-state index in [1.807, 2.05) is 18.2 Å². The van der Waals surface area contributed by atoms with Crippen LogP contribution in [-0.2, 0) is 0 Å². The summed E-state index contributed by atoms with van der Waals surface area (Å²) < 4.78 is 1.66. The molecule has 106 valence electrons. The van der Waals surface area contributed by atoms with Crippen LogP contribution in [0.2, 0.25) is 5.02 Å². The monoisotopic (exact) mass is 292 g/mol. The summed E-state index contributed by atoms with van der Waals surface area (Å²) in [6, 6.07) is 6.99. The van der Waals surface area contributed by atoms with Crippen LogP contribution in [0.1, 0.15) is 13.8 Å². The highest BCUT2D eigenvalue weighted by Crippen LogP contribution is 2.28. The fourth-order valence-electron chi connectivity index (χ4n) is 2.11. The molecule has 0 bridgehead atoms. The molecule has 1 heterocycles. The lowest BCUT2D eigenvalue weighted by atomic mass is 10.2. The molecule has 0 spiro atoms. The first-order chi connectivity index (χ1) is 9.56. The van der Waals surface area contributed by atoms with E-state index in [4.69, 9.17) is 11.6 Å². The minimum Gasteiger partial charge on any atom is -0.503 e. The Bertz CT molecular complexity index is 663. The van der Waals surface area contributed by atoms with Crippen LogP contribution in [0.3, 0.4) is 0 Å². The molecule has 0 aliphatic heterocycles. The van der Waals surface area contributed by atoms with Gasteiger partial charge in [-0.25, -0.2) is 0 Å². The van der Waals surface area contributed by atoms with Crippen LogP contribution < -0.4 is 10.3 Å². The molecule has 0 aliphatic rings. The van der Waals surface area contributed by atoms with Gasteiger partial charge in [-0.1, -0.05) is 11.6 Å². The van der Waals surface area contributed by atoms with Gasteiger partial charge in [-0.05, 0) is 32.0 Å². The van der Waals surface area contributed by atoms with Crippen molar-refractivity contribution < 1.29 is 5.11 Å². The van der Waals surface area contributed by atoms with E-state index in [2.05, 4.69) is 18.7 Å². The first kappa shape index (κ1) is 14.5. The second kappa shape index (κ2) is 6.01. The van der Waals surface area contributed by atoms with Gasteiger partial charge in [0.15, 0.2) is 5.75 Å². The number of halogens is 1. The SMILES string of the molecule is CCN(CC)c1ccc(-n2ccc(=O)c(O)c2)cc1Cl. The highest BCUT2D eigenvalue weighted by Gasteiger charge is 2.08. The van der Waals surface area contributed by atoms with Crippen molar-refractivity contribution in [2.45, 2.75) is 13.8 Å². The molecule has 1 N–H and O–H groups in total. The summed E-state index contributed by atoms with van der Waals surface area (Å²) in [5, 5.41) is 10.1. The molecule has 1 aromatic carbocycles. The van der Waals surface area contributed by atoms with Gasteiger partial charge in [-0.15, -0.1) is 0 Å². The molecule has 2 aromatic rings. The average molecular weight is 293 g/mol. The zero-order valence-corrected chi connectivity index (χ0v) is 12.3. The molecule has 0 aliphatic carbocycles. The first-order valence-electron chi connectivity index (χ1n) is 6.53. The Labute approximate surface area is 122 Å². The highest BCUT2D eigenvalue weighted by molar-refractivity contribution is 6.33. The zero-order chi connectivity index (χ0) is 14.7. The van der Waals surface area contributed by atoms with Crippen molar-refractivity contribution in [2.75, 3.05) is 18.0 Å². The predicted octanol–water partition coefficient (Wildman–Crippen LogP) is 3.04. The van der Waals surface area contributed by atoms with Crippen molar-refractivity contribution in [3.05, 3.63) is 51.9 Å². The Morgan fingerprint density at radius 1 is 1.25 bits per heavy atom. The molecule has 5 heteroatoms. The first-order valence-corrected chi connectivity index (χ1v) is 6.90. The third-order valence-electron chi connectivity index (χ3n) is 3.23. The standard InChI is InChI=1S/C15H17ClN2O2/c1-3-17(4-2)13-6-5-11(9-12(13)16)18-8-7-14(19)15(20)10-18/h5-10,20H,3-4H2,1-2H3. The number of aromatic hydroxyl groups is 1. The summed E-state index contributed by atoms with van der Waals surface area (Å²) in [5.74, 6) is -0.281. The molecule has 0 unspecified atom stereocenters. The van der Waals surface area contributed by atoms with Crippen molar-refractivity contribution in [3.63, 3.8) is 0 Å². The number of anilines is 1. The zero-order valence-electron chi connectivity index (χ0n) is 11.5. The van der Waals surface area contributed by atoms with Gasteiger partial charge in [0.2, 0.25) is 5.43 Å². The average Bonchev–Trinajstić information content (AvgIpc) is 2.44. The summed E-state index contributed by atoms with van der Waals surface area (Å²) in [5.41, 5.74) is 1.37. The number of nitrogens with zero attached hydrogens (tertiary/aromatic N) is 2. The molecule has 0 atom stereocenters. The number of aromatic nitrogens is 1. The maximum absolute atomic E-state index is 11.2. The maximum atomic E-state index is 11.2. The van der Waals surface area contributed by atoms with E-state index < -0.39 is 5.43 Å². The van der Waals surface area contributed by atoms with Crippen LogP contribution in [0.25, 0.3) is 5.69 Å². The molecule has 2 rings (SSSR count). The van der Waals surface area contributed by atoms with Crippen LogP contribution >= 0.6 is 11.6 Å². The van der Waals surface area contributed by atoms with Gasteiger partial charge in [-0.2, -0.15) is 0 Å². The Morgan fingerprint density at radius 2 is 1.95 bits per heavy atom. The van der Waals surface area contributed by atoms with Crippen LogP contribution in [-0.4, -0.2) is 22.8 Å². The Morgan fingerprint density at radius 3 is 2.50 bits per heavy atom. The molecule has 0 saturated carbocycles. The van der Waals surface area contributed by atoms with Crippen LogP contribution in [0.15, 0.2) is 41.5 Å². The molecular formula is C15H17ClN2O2. The van der Waals surface area contributed by atoms with Crippen LogP contribution in [0.5, 0.6) is 5.75 Å². The Kier molecular flexibility index (Phi) is 4.35. The number of benzene rings is 1. The van der Waals surface area contributed by atoms with Gasteiger partial charge in [-0.3, -0.25) is 4.79 Å². The van der Waals surface area contributed by atoms with Crippen molar-refractivity contribution >= 4 is 17.3 Å².